The van der Waals surface area contributed by atoms with Crippen molar-refractivity contribution in [2.75, 3.05) is 19.6 Å². The van der Waals surface area contributed by atoms with Gasteiger partial charge >= 0.3 is 0 Å². The second-order valence-electron chi connectivity index (χ2n) is 7.94. The third-order valence-electron chi connectivity index (χ3n) is 6.15. The van der Waals surface area contributed by atoms with Gasteiger partial charge in [0.15, 0.2) is 0 Å². The van der Waals surface area contributed by atoms with Gasteiger partial charge in [0.05, 0.1) is 11.0 Å². The number of nitrogens with one attached hydrogen (secondary N) is 1. The summed E-state index contributed by atoms with van der Waals surface area (Å²) < 4.78 is 27.7. The van der Waals surface area contributed by atoms with Crippen molar-refractivity contribution in [3.63, 3.8) is 0 Å². The van der Waals surface area contributed by atoms with Crippen LogP contribution in [0.2, 0.25) is 0 Å². The summed E-state index contributed by atoms with van der Waals surface area (Å²) in [6, 6.07) is 10.7. The van der Waals surface area contributed by atoms with Crippen LogP contribution in [0.15, 0.2) is 46.0 Å². The number of para-hydroxylation sites is 2. The smallest absolute Gasteiger partial charge is 0.253 e. The van der Waals surface area contributed by atoms with E-state index in [1.54, 1.807) is 17.5 Å². The topological polar surface area (TPSA) is 86.4 Å². The number of fused-ring (bicyclic) bond motifs is 1. The average molecular weight is 445 g/mol. The SMILES string of the molecule is O=C(C1CCCN1S(=O)(=O)c1cccs1)N1CCC(c2nc3ccccc3[nH]2)CC1. The van der Waals surface area contributed by atoms with Crippen molar-refractivity contribution in [2.24, 2.45) is 0 Å². The highest BCUT2D eigenvalue weighted by Gasteiger charge is 2.42. The number of rotatable bonds is 4. The first-order chi connectivity index (χ1) is 14.5. The predicted molar refractivity (Wildman–Crippen MR) is 116 cm³/mol. The molecule has 0 spiro atoms. The van der Waals surface area contributed by atoms with Gasteiger partial charge in [0, 0.05) is 25.6 Å². The molecule has 1 atom stereocenters. The summed E-state index contributed by atoms with van der Waals surface area (Å²) in [7, 11) is -3.61. The van der Waals surface area contributed by atoms with Gasteiger partial charge in [0.25, 0.3) is 10.0 Å². The lowest BCUT2D eigenvalue weighted by atomic mass is 9.95. The number of likely N-dealkylation sites (tertiary alicyclic amines) is 1. The monoisotopic (exact) mass is 444 g/mol. The fraction of sp³-hybridized carbons (Fsp3) is 0.429. The maximum Gasteiger partial charge on any atom is 0.253 e. The summed E-state index contributed by atoms with van der Waals surface area (Å²) >= 11 is 1.20. The Hall–Kier alpha value is -2.23. The van der Waals surface area contributed by atoms with Gasteiger partial charge in [-0.1, -0.05) is 18.2 Å². The molecule has 5 rings (SSSR count). The van der Waals surface area contributed by atoms with Crippen LogP contribution in [0.25, 0.3) is 11.0 Å². The zero-order valence-electron chi connectivity index (χ0n) is 16.5. The number of aromatic nitrogens is 2. The first kappa shape index (κ1) is 19.7. The Balaban J connectivity index is 1.27. The quantitative estimate of drug-likeness (QED) is 0.670. The molecule has 9 heteroatoms. The first-order valence-corrected chi connectivity index (χ1v) is 12.6. The molecule has 1 amide bonds. The minimum atomic E-state index is -3.61. The zero-order chi connectivity index (χ0) is 20.7. The lowest BCUT2D eigenvalue weighted by Crippen LogP contribution is -2.49. The maximum atomic E-state index is 13.2. The van der Waals surface area contributed by atoms with E-state index < -0.39 is 16.1 Å². The molecule has 30 heavy (non-hydrogen) atoms. The molecule has 0 saturated carbocycles. The van der Waals surface area contributed by atoms with Gasteiger partial charge < -0.3 is 9.88 Å². The second-order valence-corrected chi connectivity index (χ2v) is 11.0. The van der Waals surface area contributed by atoms with Crippen LogP contribution >= 0.6 is 11.3 Å². The summed E-state index contributed by atoms with van der Waals surface area (Å²) in [5, 5.41) is 1.75. The molecule has 2 aliphatic heterocycles. The molecule has 2 aliphatic rings. The van der Waals surface area contributed by atoms with Crippen molar-refractivity contribution in [3.8, 4) is 0 Å². The van der Waals surface area contributed by atoms with Crippen molar-refractivity contribution in [2.45, 2.75) is 41.9 Å². The molecule has 158 valence electrons. The van der Waals surface area contributed by atoms with E-state index in [1.807, 2.05) is 29.2 Å². The predicted octanol–water partition coefficient (Wildman–Crippen LogP) is 3.18. The Morgan fingerprint density at radius 2 is 1.87 bits per heavy atom. The van der Waals surface area contributed by atoms with Crippen LogP contribution < -0.4 is 0 Å². The van der Waals surface area contributed by atoms with E-state index in [2.05, 4.69) is 4.98 Å². The molecule has 3 aromatic rings. The van der Waals surface area contributed by atoms with Crippen molar-refractivity contribution < 1.29 is 13.2 Å². The molecule has 2 saturated heterocycles. The number of sulfonamides is 1. The Labute approximate surface area is 179 Å². The molecule has 2 aromatic heterocycles. The number of benzene rings is 1. The van der Waals surface area contributed by atoms with Gasteiger partial charge in [-0.05, 0) is 49.3 Å². The van der Waals surface area contributed by atoms with E-state index in [9.17, 15) is 13.2 Å². The molecular weight excluding hydrogens is 420 g/mol. The number of aromatic amines is 1. The summed E-state index contributed by atoms with van der Waals surface area (Å²) in [6.07, 6.45) is 2.97. The Morgan fingerprint density at radius 3 is 2.60 bits per heavy atom. The van der Waals surface area contributed by atoms with Gasteiger partial charge in [-0.3, -0.25) is 4.79 Å². The molecule has 4 heterocycles. The number of thiophene rings is 1. The fourth-order valence-electron chi connectivity index (χ4n) is 4.55. The molecule has 7 nitrogen and oxygen atoms in total. The lowest BCUT2D eigenvalue weighted by Gasteiger charge is -2.34. The Morgan fingerprint density at radius 1 is 1.07 bits per heavy atom. The number of nitrogens with zero attached hydrogens (tertiary/aromatic N) is 3. The largest absolute Gasteiger partial charge is 0.342 e. The highest BCUT2D eigenvalue weighted by molar-refractivity contribution is 7.91. The molecular formula is C21H24N4O3S2. The molecule has 2 fully saturated rings. The zero-order valence-corrected chi connectivity index (χ0v) is 18.2. The molecule has 0 radical (unpaired) electrons. The van der Waals surface area contributed by atoms with Crippen LogP contribution in [-0.4, -0.2) is 59.2 Å². The van der Waals surface area contributed by atoms with Gasteiger partial charge in [-0.15, -0.1) is 11.3 Å². The minimum Gasteiger partial charge on any atom is -0.342 e. The minimum absolute atomic E-state index is 0.0595. The highest BCUT2D eigenvalue weighted by Crippen LogP contribution is 2.32. The molecule has 0 bridgehead atoms. The van der Waals surface area contributed by atoms with E-state index >= 15 is 0 Å². The van der Waals surface area contributed by atoms with Crippen LogP contribution in [-0.2, 0) is 14.8 Å². The summed E-state index contributed by atoms with van der Waals surface area (Å²) in [5.41, 5.74) is 2.00. The third kappa shape index (κ3) is 3.44. The Kier molecular flexibility index (Phi) is 5.12. The van der Waals surface area contributed by atoms with Gasteiger partial charge in [-0.25, -0.2) is 13.4 Å². The van der Waals surface area contributed by atoms with Gasteiger partial charge in [0.1, 0.15) is 16.1 Å². The number of H-pyrrole nitrogens is 1. The number of hydrogen-bond acceptors (Lipinski definition) is 5. The summed E-state index contributed by atoms with van der Waals surface area (Å²) in [5.74, 6) is 1.21. The standard InChI is InChI=1S/C21H24N4O3S2/c26-21(18-7-3-11-25(18)30(27,28)19-8-4-14-29-19)24-12-9-15(10-13-24)20-22-16-5-1-2-6-17(16)23-20/h1-2,4-6,8,14-15,18H,3,7,9-13H2,(H,22,23). The molecule has 1 N–H and O–H groups in total. The van der Waals surface area contributed by atoms with Gasteiger partial charge in [0.2, 0.25) is 5.91 Å². The number of imidazole rings is 1. The van der Waals surface area contributed by atoms with Crippen molar-refractivity contribution in [1.82, 2.24) is 19.2 Å². The number of carbonyl (C=O) groups is 1. The molecule has 0 aliphatic carbocycles. The number of amides is 1. The van der Waals surface area contributed by atoms with Crippen LogP contribution in [0.5, 0.6) is 0 Å². The number of hydrogen-bond donors (Lipinski definition) is 1. The number of carbonyl (C=O) groups excluding carboxylic acids is 1. The average Bonchev–Trinajstić information content (AvgIpc) is 3.53. The lowest BCUT2D eigenvalue weighted by molar-refractivity contribution is -0.135. The van der Waals surface area contributed by atoms with Crippen molar-refractivity contribution >= 4 is 38.3 Å². The van der Waals surface area contributed by atoms with Gasteiger partial charge in [-0.2, -0.15) is 4.31 Å². The molecule has 1 aromatic carbocycles. The van der Waals surface area contributed by atoms with E-state index in [-0.39, 0.29) is 11.8 Å². The normalized spacial score (nSPS) is 21.5. The van der Waals surface area contributed by atoms with Crippen LogP contribution in [0.3, 0.4) is 0 Å². The van der Waals surface area contributed by atoms with E-state index in [0.29, 0.717) is 30.3 Å². The maximum absolute atomic E-state index is 13.2. The van der Waals surface area contributed by atoms with E-state index in [0.717, 1.165) is 36.1 Å². The summed E-state index contributed by atoms with van der Waals surface area (Å²) in [4.78, 5) is 23.2. The number of piperidine rings is 1. The second kappa shape index (κ2) is 7.79. The highest BCUT2D eigenvalue weighted by atomic mass is 32.2. The van der Waals surface area contributed by atoms with Crippen LogP contribution in [0, 0.1) is 0 Å². The molecule has 1 unspecified atom stereocenters. The first-order valence-electron chi connectivity index (χ1n) is 10.3. The fourth-order valence-corrected chi connectivity index (χ4v) is 7.32. The van der Waals surface area contributed by atoms with E-state index in [4.69, 9.17) is 4.98 Å². The third-order valence-corrected chi connectivity index (χ3v) is 9.43. The van der Waals surface area contributed by atoms with Crippen LogP contribution in [0.1, 0.15) is 37.4 Å². The Bertz CT molecular complexity index is 1120. The van der Waals surface area contributed by atoms with Crippen LogP contribution in [0.4, 0.5) is 0 Å². The summed E-state index contributed by atoms with van der Waals surface area (Å²) in [6.45, 7) is 1.67. The van der Waals surface area contributed by atoms with Crippen molar-refractivity contribution in [3.05, 3.63) is 47.6 Å². The van der Waals surface area contributed by atoms with E-state index in [1.165, 1.54) is 15.6 Å². The van der Waals surface area contributed by atoms with Crippen molar-refractivity contribution in [1.29, 1.82) is 0 Å².